The zero-order valence-electron chi connectivity index (χ0n) is 11.7. The fourth-order valence-electron chi connectivity index (χ4n) is 2.39. The number of hydrogen-bond donors (Lipinski definition) is 0. The molecule has 1 aromatic rings. The molecular weight excluding hydrogens is 242 g/mol. The van der Waals surface area contributed by atoms with Gasteiger partial charge in [0.2, 0.25) is 0 Å². The van der Waals surface area contributed by atoms with E-state index in [9.17, 15) is 4.79 Å². The Labute approximate surface area is 114 Å². The summed E-state index contributed by atoms with van der Waals surface area (Å²) in [6, 6.07) is -0.259. The van der Waals surface area contributed by atoms with Crippen molar-refractivity contribution in [3.05, 3.63) is 11.9 Å². The first-order valence-electron chi connectivity index (χ1n) is 7.38. The lowest BCUT2D eigenvalue weighted by Crippen LogP contribution is -2.14. The normalized spacial score (nSPS) is 18.8. The number of esters is 1. The summed E-state index contributed by atoms with van der Waals surface area (Å²) in [5.74, 6) is -0.184. The van der Waals surface area contributed by atoms with Gasteiger partial charge in [0.05, 0.1) is 12.3 Å². The van der Waals surface area contributed by atoms with E-state index in [0.717, 1.165) is 18.5 Å². The lowest BCUT2D eigenvalue weighted by atomic mass is 10.1. The first-order chi connectivity index (χ1) is 9.31. The summed E-state index contributed by atoms with van der Waals surface area (Å²) in [6.07, 6.45) is 11.2. The zero-order chi connectivity index (χ0) is 13.5. The van der Waals surface area contributed by atoms with Gasteiger partial charge in [-0.2, -0.15) is 0 Å². The van der Waals surface area contributed by atoms with E-state index >= 15 is 0 Å². The highest BCUT2D eigenvalue weighted by Crippen LogP contribution is 2.19. The van der Waals surface area contributed by atoms with E-state index in [2.05, 4.69) is 17.2 Å². The average molecular weight is 265 g/mol. The number of nitrogens with zero attached hydrogens (tertiary/aromatic N) is 3. The molecule has 19 heavy (non-hydrogen) atoms. The van der Waals surface area contributed by atoms with E-state index in [4.69, 9.17) is 4.74 Å². The SMILES string of the molecule is CCCCCCCCc1cn(C2CCOC2=O)nn1. The molecule has 2 heterocycles. The molecule has 0 aliphatic carbocycles. The Morgan fingerprint density at radius 1 is 1.32 bits per heavy atom. The van der Waals surface area contributed by atoms with Gasteiger partial charge in [-0.3, -0.25) is 0 Å². The molecule has 0 N–H and O–H groups in total. The third kappa shape index (κ3) is 4.04. The summed E-state index contributed by atoms with van der Waals surface area (Å²) in [7, 11) is 0. The molecule has 1 aromatic heterocycles. The molecule has 1 fully saturated rings. The third-order valence-electron chi connectivity index (χ3n) is 3.57. The lowest BCUT2D eigenvalue weighted by molar-refractivity contribution is -0.140. The van der Waals surface area contributed by atoms with Gasteiger partial charge in [-0.05, 0) is 12.8 Å². The van der Waals surface area contributed by atoms with Crippen molar-refractivity contribution in [2.75, 3.05) is 6.61 Å². The molecule has 1 aliphatic heterocycles. The molecule has 0 amide bonds. The van der Waals surface area contributed by atoms with E-state index in [-0.39, 0.29) is 12.0 Å². The Hall–Kier alpha value is -1.39. The fourth-order valence-corrected chi connectivity index (χ4v) is 2.39. The van der Waals surface area contributed by atoms with Crippen LogP contribution in [0.1, 0.15) is 63.6 Å². The summed E-state index contributed by atoms with van der Waals surface area (Å²) in [5, 5.41) is 8.18. The number of rotatable bonds is 8. The van der Waals surface area contributed by atoms with Crippen molar-refractivity contribution in [1.82, 2.24) is 15.0 Å². The topological polar surface area (TPSA) is 57.0 Å². The van der Waals surface area contributed by atoms with Crippen molar-refractivity contribution in [1.29, 1.82) is 0 Å². The quantitative estimate of drug-likeness (QED) is 0.535. The highest BCUT2D eigenvalue weighted by molar-refractivity contribution is 5.75. The average Bonchev–Trinajstić information content (AvgIpc) is 3.02. The number of carbonyl (C=O) groups is 1. The van der Waals surface area contributed by atoms with E-state index in [1.165, 1.54) is 32.1 Å². The molecule has 1 unspecified atom stereocenters. The minimum absolute atomic E-state index is 0.184. The zero-order valence-corrected chi connectivity index (χ0v) is 11.7. The standard InChI is InChI=1S/C14H23N3O2/c1-2-3-4-5-6-7-8-12-11-17(16-15-12)13-9-10-19-14(13)18/h11,13H,2-10H2,1H3. The van der Waals surface area contributed by atoms with Crippen LogP contribution >= 0.6 is 0 Å². The summed E-state index contributed by atoms with van der Waals surface area (Å²) >= 11 is 0. The maximum atomic E-state index is 11.4. The number of aryl methyl sites for hydroxylation is 1. The highest BCUT2D eigenvalue weighted by atomic mass is 16.5. The van der Waals surface area contributed by atoms with Gasteiger partial charge in [0.15, 0.2) is 6.04 Å². The van der Waals surface area contributed by atoms with Gasteiger partial charge in [-0.25, -0.2) is 9.48 Å². The largest absolute Gasteiger partial charge is 0.464 e. The summed E-state index contributed by atoms with van der Waals surface area (Å²) < 4.78 is 6.59. The number of aromatic nitrogens is 3. The van der Waals surface area contributed by atoms with Crippen molar-refractivity contribution >= 4 is 5.97 Å². The van der Waals surface area contributed by atoms with E-state index in [1.54, 1.807) is 4.68 Å². The van der Waals surface area contributed by atoms with Crippen LogP contribution in [0.4, 0.5) is 0 Å². The molecule has 0 spiro atoms. The molecule has 5 nitrogen and oxygen atoms in total. The number of cyclic esters (lactones) is 1. The van der Waals surface area contributed by atoms with Gasteiger partial charge >= 0.3 is 5.97 Å². The van der Waals surface area contributed by atoms with Gasteiger partial charge in [-0.15, -0.1) is 5.10 Å². The molecule has 5 heteroatoms. The maximum absolute atomic E-state index is 11.4. The third-order valence-corrected chi connectivity index (χ3v) is 3.57. The molecule has 0 radical (unpaired) electrons. The van der Waals surface area contributed by atoms with E-state index in [1.807, 2.05) is 6.20 Å². The van der Waals surface area contributed by atoms with Crippen molar-refractivity contribution in [3.63, 3.8) is 0 Å². The smallest absolute Gasteiger partial charge is 0.331 e. The second-order valence-corrected chi connectivity index (χ2v) is 5.18. The van der Waals surface area contributed by atoms with Gasteiger partial charge in [0.25, 0.3) is 0 Å². The first kappa shape index (κ1) is 14.0. The van der Waals surface area contributed by atoms with Crippen LogP contribution in [0.15, 0.2) is 6.20 Å². The number of unbranched alkanes of at least 4 members (excludes halogenated alkanes) is 5. The number of ether oxygens (including phenoxy) is 1. The molecule has 0 aromatic carbocycles. The maximum Gasteiger partial charge on any atom is 0.331 e. The van der Waals surface area contributed by atoms with Crippen LogP contribution < -0.4 is 0 Å². The first-order valence-corrected chi connectivity index (χ1v) is 7.38. The van der Waals surface area contributed by atoms with Crippen LogP contribution in [-0.4, -0.2) is 27.6 Å². The van der Waals surface area contributed by atoms with Crippen molar-refractivity contribution in [3.8, 4) is 0 Å². The minimum Gasteiger partial charge on any atom is -0.464 e. The van der Waals surface area contributed by atoms with Crippen molar-refractivity contribution in [2.24, 2.45) is 0 Å². The van der Waals surface area contributed by atoms with Gasteiger partial charge in [-0.1, -0.05) is 44.2 Å². The van der Waals surface area contributed by atoms with Gasteiger partial charge < -0.3 is 4.74 Å². The van der Waals surface area contributed by atoms with Crippen molar-refractivity contribution in [2.45, 2.75) is 64.3 Å². The van der Waals surface area contributed by atoms with Crippen LogP contribution in [0.3, 0.4) is 0 Å². The van der Waals surface area contributed by atoms with Crippen LogP contribution in [0, 0.1) is 0 Å². The van der Waals surface area contributed by atoms with Crippen LogP contribution in [0.5, 0.6) is 0 Å². The Bertz CT molecular complexity index is 403. The lowest BCUT2D eigenvalue weighted by Gasteiger charge is -2.03. The summed E-state index contributed by atoms with van der Waals surface area (Å²) in [6.45, 7) is 2.72. The molecular formula is C14H23N3O2. The van der Waals surface area contributed by atoms with Crippen LogP contribution in [-0.2, 0) is 16.0 Å². The van der Waals surface area contributed by atoms with Crippen LogP contribution in [0.25, 0.3) is 0 Å². The summed E-state index contributed by atoms with van der Waals surface area (Å²) in [4.78, 5) is 11.4. The minimum atomic E-state index is -0.259. The van der Waals surface area contributed by atoms with Gasteiger partial charge in [0, 0.05) is 12.6 Å². The Balaban J connectivity index is 1.70. The Morgan fingerprint density at radius 2 is 2.11 bits per heavy atom. The highest BCUT2D eigenvalue weighted by Gasteiger charge is 2.29. The molecule has 0 bridgehead atoms. The summed E-state index contributed by atoms with van der Waals surface area (Å²) in [5.41, 5.74) is 0.982. The predicted molar refractivity (Wildman–Crippen MR) is 71.7 cm³/mol. The van der Waals surface area contributed by atoms with Crippen molar-refractivity contribution < 1.29 is 9.53 Å². The molecule has 2 rings (SSSR count). The van der Waals surface area contributed by atoms with Gasteiger partial charge in [0.1, 0.15) is 0 Å². The molecule has 1 aliphatic rings. The van der Waals surface area contributed by atoms with E-state index < -0.39 is 0 Å². The second kappa shape index (κ2) is 7.26. The molecule has 1 saturated heterocycles. The second-order valence-electron chi connectivity index (χ2n) is 5.18. The Kier molecular flexibility index (Phi) is 5.36. The fraction of sp³-hybridized carbons (Fsp3) is 0.786. The molecule has 106 valence electrons. The Morgan fingerprint density at radius 3 is 2.84 bits per heavy atom. The number of hydrogen-bond acceptors (Lipinski definition) is 4. The van der Waals surface area contributed by atoms with E-state index in [0.29, 0.717) is 13.0 Å². The molecule has 0 saturated carbocycles. The predicted octanol–water partition coefficient (Wildman–Crippen LogP) is 2.67. The number of carbonyl (C=O) groups excluding carboxylic acids is 1. The van der Waals surface area contributed by atoms with Crippen LogP contribution in [0.2, 0.25) is 0 Å². The molecule has 1 atom stereocenters. The monoisotopic (exact) mass is 265 g/mol.